The van der Waals surface area contributed by atoms with E-state index in [1.807, 2.05) is 0 Å². The minimum atomic E-state index is -3.78. The van der Waals surface area contributed by atoms with E-state index >= 15 is 0 Å². The van der Waals surface area contributed by atoms with E-state index in [2.05, 4.69) is 0 Å². The molecule has 1 aliphatic carbocycles. The van der Waals surface area contributed by atoms with Gasteiger partial charge in [-0.25, -0.2) is 13.6 Å². The van der Waals surface area contributed by atoms with Gasteiger partial charge in [-0.15, -0.1) is 0 Å². The molecule has 1 saturated heterocycles. The van der Waals surface area contributed by atoms with Crippen LogP contribution in [-0.4, -0.2) is 20.2 Å². The second-order valence-electron chi connectivity index (χ2n) is 5.55. The summed E-state index contributed by atoms with van der Waals surface area (Å²) in [6.07, 6.45) is 3.44. The standard InChI is InChI=1S/C14H16N2O4S/c15-21(19,20)10-7-5-9(6-8-10)16-13(17)11-3-1-2-4-12(11)14(16)18/h5-8,11-12H,1-4H2,(H2,15,19,20)/t11-,12-/m1/s1. The molecule has 2 atom stereocenters. The molecule has 1 aliphatic heterocycles. The molecule has 1 aromatic rings. The molecule has 7 heteroatoms. The number of nitrogens with zero attached hydrogens (tertiary/aromatic N) is 1. The van der Waals surface area contributed by atoms with E-state index in [1.165, 1.54) is 29.2 Å². The van der Waals surface area contributed by atoms with Crippen LogP contribution in [0.1, 0.15) is 25.7 Å². The fourth-order valence-electron chi connectivity index (χ4n) is 3.20. The van der Waals surface area contributed by atoms with Crippen molar-refractivity contribution < 1.29 is 18.0 Å². The molecule has 0 spiro atoms. The van der Waals surface area contributed by atoms with Gasteiger partial charge in [0.05, 0.1) is 22.4 Å². The van der Waals surface area contributed by atoms with Gasteiger partial charge in [-0.1, -0.05) is 12.8 Å². The number of hydrogen-bond acceptors (Lipinski definition) is 4. The highest BCUT2D eigenvalue weighted by molar-refractivity contribution is 7.89. The van der Waals surface area contributed by atoms with Gasteiger partial charge in [0.25, 0.3) is 0 Å². The Morgan fingerprint density at radius 2 is 1.43 bits per heavy atom. The maximum absolute atomic E-state index is 12.4. The van der Waals surface area contributed by atoms with E-state index in [4.69, 9.17) is 5.14 Å². The number of rotatable bonds is 2. The molecule has 2 N–H and O–H groups in total. The number of primary sulfonamides is 1. The maximum Gasteiger partial charge on any atom is 0.238 e. The first-order valence-corrected chi connectivity index (χ1v) is 8.45. The van der Waals surface area contributed by atoms with Gasteiger partial charge in [0.15, 0.2) is 0 Å². The molecule has 0 bridgehead atoms. The van der Waals surface area contributed by atoms with Crippen molar-refractivity contribution in [3.63, 3.8) is 0 Å². The summed E-state index contributed by atoms with van der Waals surface area (Å²) in [5, 5.41) is 5.04. The van der Waals surface area contributed by atoms with Gasteiger partial charge in [0.2, 0.25) is 21.8 Å². The van der Waals surface area contributed by atoms with Crippen LogP contribution in [0.25, 0.3) is 0 Å². The van der Waals surface area contributed by atoms with Crippen LogP contribution in [0.5, 0.6) is 0 Å². The van der Waals surface area contributed by atoms with Crippen molar-refractivity contribution in [1.82, 2.24) is 0 Å². The topological polar surface area (TPSA) is 97.5 Å². The largest absolute Gasteiger partial charge is 0.274 e. The molecule has 3 rings (SSSR count). The molecule has 2 fully saturated rings. The fourth-order valence-corrected chi connectivity index (χ4v) is 3.72. The van der Waals surface area contributed by atoms with Crippen LogP contribution in [0.15, 0.2) is 29.2 Å². The molecule has 1 saturated carbocycles. The molecule has 21 heavy (non-hydrogen) atoms. The summed E-state index contributed by atoms with van der Waals surface area (Å²) in [5.41, 5.74) is 0.409. The number of nitrogens with two attached hydrogens (primary N) is 1. The molecular weight excluding hydrogens is 292 g/mol. The van der Waals surface area contributed by atoms with Crippen molar-refractivity contribution >= 4 is 27.5 Å². The van der Waals surface area contributed by atoms with Crippen LogP contribution < -0.4 is 10.0 Å². The second kappa shape index (κ2) is 4.92. The fraction of sp³-hybridized carbons (Fsp3) is 0.429. The lowest BCUT2D eigenvalue weighted by atomic mass is 9.81. The predicted molar refractivity (Wildman–Crippen MR) is 75.8 cm³/mol. The molecule has 2 amide bonds. The number of imide groups is 1. The van der Waals surface area contributed by atoms with Crippen LogP contribution >= 0.6 is 0 Å². The first-order valence-electron chi connectivity index (χ1n) is 6.90. The lowest BCUT2D eigenvalue weighted by Gasteiger charge is -2.19. The van der Waals surface area contributed by atoms with Gasteiger partial charge in [-0.2, -0.15) is 0 Å². The van der Waals surface area contributed by atoms with Crippen molar-refractivity contribution in [2.45, 2.75) is 30.6 Å². The average molecular weight is 308 g/mol. The quantitative estimate of drug-likeness (QED) is 0.824. The molecule has 0 aromatic heterocycles. The van der Waals surface area contributed by atoms with Gasteiger partial charge >= 0.3 is 0 Å². The van der Waals surface area contributed by atoms with Crippen LogP contribution in [0, 0.1) is 11.8 Å². The third-order valence-electron chi connectivity index (χ3n) is 4.26. The van der Waals surface area contributed by atoms with E-state index < -0.39 is 10.0 Å². The van der Waals surface area contributed by atoms with Crippen molar-refractivity contribution in [3.8, 4) is 0 Å². The predicted octanol–water partition coefficient (Wildman–Crippen LogP) is 1.01. The van der Waals surface area contributed by atoms with Gasteiger partial charge in [0, 0.05) is 0 Å². The van der Waals surface area contributed by atoms with Gasteiger partial charge in [-0.3, -0.25) is 14.5 Å². The van der Waals surface area contributed by atoms with Gasteiger partial charge in [-0.05, 0) is 37.1 Å². The smallest absolute Gasteiger partial charge is 0.238 e. The van der Waals surface area contributed by atoms with E-state index in [1.54, 1.807) is 0 Å². The Kier molecular flexibility index (Phi) is 3.33. The van der Waals surface area contributed by atoms with E-state index in [0.717, 1.165) is 25.7 Å². The molecule has 1 heterocycles. The van der Waals surface area contributed by atoms with E-state index in [9.17, 15) is 18.0 Å². The molecule has 1 aromatic carbocycles. The van der Waals surface area contributed by atoms with Crippen LogP contribution in [0.2, 0.25) is 0 Å². The SMILES string of the molecule is NS(=O)(=O)c1ccc(N2C(=O)[C@@H]3CCCC[C@H]3C2=O)cc1. The van der Waals surface area contributed by atoms with Gasteiger partial charge < -0.3 is 0 Å². The highest BCUT2D eigenvalue weighted by Gasteiger charge is 2.48. The first kappa shape index (κ1) is 14.2. The van der Waals surface area contributed by atoms with Crippen molar-refractivity contribution in [3.05, 3.63) is 24.3 Å². The number of sulfonamides is 1. The number of anilines is 1. The Morgan fingerprint density at radius 1 is 0.952 bits per heavy atom. The second-order valence-corrected chi connectivity index (χ2v) is 7.11. The van der Waals surface area contributed by atoms with Crippen molar-refractivity contribution in [2.24, 2.45) is 17.0 Å². The average Bonchev–Trinajstić information content (AvgIpc) is 2.71. The molecular formula is C14H16N2O4S. The Hall–Kier alpha value is -1.73. The molecule has 0 radical (unpaired) electrons. The normalized spacial score (nSPS) is 26.0. The Bertz CT molecular complexity index is 672. The summed E-state index contributed by atoms with van der Waals surface area (Å²) in [4.78, 5) is 25.9. The number of benzene rings is 1. The van der Waals surface area contributed by atoms with Crippen LogP contribution in [0.4, 0.5) is 5.69 Å². The molecule has 6 nitrogen and oxygen atoms in total. The monoisotopic (exact) mass is 308 g/mol. The summed E-state index contributed by atoms with van der Waals surface area (Å²) in [7, 11) is -3.78. The minimum absolute atomic E-state index is 0.0391. The summed E-state index contributed by atoms with van der Waals surface area (Å²) >= 11 is 0. The summed E-state index contributed by atoms with van der Waals surface area (Å²) < 4.78 is 22.5. The highest BCUT2D eigenvalue weighted by Crippen LogP contribution is 2.40. The number of fused-ring (bicyclic) bond motifs is 1. The molecule has 2 aliphatic rings. The third kappa shape index (κ3) is 2.36. The Balaban J connectivity index is 1.93. The van der Waals surface area contributed by atoms with Crippen LogP contribution in [0.3, 0.4) is 0 Å². The number of carbonyl (C=O) groups is 2. The summed E-state index contributed by atoms with van der Waals surface area (Å²) in [6.45, 7) is 0. The van der Waals surface area contributed by atoms with Gasteiger partial charge in [0.1, 0.15) is 0 Å². The van der Waals surface area contributed by atoms with E-state index in [0.29, 0.717) is 5.69 Å². The van der Waals surface area contributed by atoms with Crippen molar-refractivity contribution in [2.75, 3.05) is 4.90 Å². The zero-order valence-corrected chi connectivity index (χ0v) is 12.2. The lowest BCUT2D eigenvalue weighted by Crippen LogP contribution is -2.30. The summed E-state index contributed by atoms with van der Waals surface area (Å²) in [5.74, 6) is -0.783. The molecule has 112 valence electrons. The molecule has 0 unspecified atom stereocenters. The lowest BCUT2D eigenvalue weighted by molar-refractivity contribution is -0.122. The number of carbonyl (C=O) groups excluding carboxylic acids is 2. The zero-order chi connectivity index (χ0) is 15.2. The van der Waals surface area contributed by atoms with E-state index in [-0.39, 0.29) is 28.5 Å². The Labute approximate surface area is 123 Å². The number of amides is 2. The van der Waals surface area contributed by atoms with Crippen LogP contribution in [-0.2, 0) is 19.6 Å². The minimum Gasteiger partial charge on any atom is -0.274 e. The first-order chi connectivity index (χ1) is 9.89. The third-order valence-corrected chi connectivity index (χ3v) is 5.19. The zero-order valence-electron chi connectivity index (χ0n) is 11.4. The Morgan fingerprint density at radius 3 is 1.86 bits per heavy atom. The number of hydrogen-bond donors (Lipinski definition) is 1. The summed E-state index contributed by atoms with van der Waals surface area (Å²) in [6, 6.07) is 5.53. The highest BCUT2D eigenvalue weighted by atomic mass is 32.2. The maximum atomic E-state index is 12.4. The van der Waals surface area contributed by atoms with Crippen molar-refractivity contribution in [1.29, 1.82) is 0 Å².